The van der Waals surface area contributed by atoms with Crippen molar-refractivity contribution in [2.75, 3.05) is 12.0 Å². The van der Waals surface area contributed by atoms with Crippen molar-refractivity contribution < 1.29 is 13.2 Å². The SMILES string of the molecule is CCc1ccc(C(=O)CS(C)(=O)=O)s1. The third-order valence-corrected chi connectivity index (χ3v) is 3.74. The Morgan fingerprint density at radius 3 is 2.50 bits per heavy atom. The Bertz CT molecular complexity index is 429. The van der Waals surface area contributed by atoms with E-state index >= 15 is 0 Å². The Morgan fingerprint density at radius 2 is 2.07 bits per heavy atom. The topological polar surface area (TPSA) is 51.2 Å². The van der Waals surface area contributed by atoms with Crippen molar-refractivity contribution in [1.82, 2.24) is 0 Å². The Hall–Kier alpha value is -0.680. The highest BCUT2D eigenvalue weighted by atomic mass is 32.2. The van der Waals surface area contributed by atoms with Crippen molar-refractivity contribution in [3.05, 3.63) is 21.9 Å². The standard InChI is InChI=1S/C9H12O3S2/c1-3-7-4-5-9(13-7)8(10)6-14(2,11)12/h4-5H,3,6H2,1-2H3. The molecule has 0 saturated carbocycles. The molecule has 0 spiro atoms. The lowest BCUT2D eigenvalue weighted by molar-refractivity contribution is 0.102. The molecule has 0 atom stereocenters. The van der Waals surface area contributed by atoms with E-state index in [1.54, 1.807) is 6.07 Å². The van der Waals surface area contributed by atoms with Gasteiger partial charge in [0.15, 0.2) is 15.6 Å². The van der Waals surface area contributed by atoms with Crippen molar-refractivity contribution in [2.24, 2.45) is 0 Å². The molecule has 0 aromatic carbocycles. The van der Waals surface area contributed by atoms with Crippen LogP contribution in [0.3, 0.4) is 0 Å². The van der Waals surface area contributed by atoms with Gasteiger partial charge in [-0.05, 0) is 18.6 Å². The van der Waals surface area contributed by atoms with Gasteiger partial charge in [-0.3, -0.25) is 4.79 Å². The van der Waals surface area contributed by atoms with Crippen molar-refractivity contribution >= 4 is 27.0 Å². The molecule has 0 aliphatic carbocycles. The average molecular weight is 232 g/mol. The van der Waals surface area contributed by atoms with Gasteiger partial charge in [-0.1, -0.05) is 6.92 Å². The first-order chi connectivity index (χ1) is 6.42. The van der Waals surface area contributed by atoms with Crippen LogP contribution in [0.5, 0.6) is 0 Å². The van der Waals surface area contributed by atoms with Crippen LogP contribution in [0, 0.1) is 0 Å². The maximum Gasteiger partial charge on any atom is 0.187 e. The van der Waals surface area contributed by atoms with Crippen molar-refractivity contribution in [2.45, 2.75) is 13.3 Å². The minimum Gasteiger partial charge on any atom is -0.292 e. The van der Waals surface area contributed by atoms with Gasteiger partial charge in [-0.25, -0.2) is 8.42 Å². The molecule has 0 aliphatic rings. The largest absolute Gasteiger partial charge is 0.292 e. The zero-order chi connectivity index (χ0) is 10.8. The molecule has 14 heavy (non-hydrogen) atoms. The minimum absolute atomic E-state index is 0.308. The monoisotopic (exact) mass is 232 g/mol. The van der Waals surface area contributed by atoms with E-state index in [0.29, 0.717) is 4.88 Å². The summed E-state index contributed by atoms with van der Waals surface area (Å²) in [4.78, 5) is 13.1. The number of hydrogen-bond donors (Lipinski definition) is 0. The van der Waals surface area contributed by atoms with Gasteiger partial charge in [-0.15, -0.1) is 11.3 Å². The van der Waals surface area contributed by atoms with E-state index in [2.05, 4.69) is 0 Å². The third-order valence-electron chi connectivity index (χ3n) is 1.68. The minimum atomic E-state index is -3.21. The van der Waals surface area contributed by atoms with Crippen LogP contribution in [-0.2, 0) is 16.3 Å². The lowest BCUT2D eigenvalue weighted by Gasteiger charge is -1.94. The lowest BCUT2D eigenvalue weighted by Crippen LogP contribution is -2.13. The first-order valence-electron chi connectivity index (χ1n) is 4.22. The Morgan fingerprint density at radius 1 is 1.43 bits per heavy atom. The highest BCUT2D eigenvalue weighted by Crippen LogP contribution is 2.17. The van der Waals surface area contributed by atoms with Gasteiger partial charge in [0.05, 0.1) is 4.88 Å². The van der Waals surface area contributed by atoms with Gasteiger partial charge in [-0.2, -0.15) is 0 Å². The molecule has 1 rings (SSSR count). The zero-order valence-electron chi connectivity index (χ0n) is 8.11. The number of carbonyl (C=O) groups excluding carboxylic acids is 1. The molecule has 0 radical (unpaired) electrons. The smallest absolute Gasteiger partial charge is 0.187 e. The number of carbonyl (C=O) groups is 1. The molecule has 0 saturated heterocycles. The molecule has 1 heterocycles. The quantitative estimate of drug-likeness (QED) is 0.740. The van der Waals surface area contributed by atoms with Crippen molar-refractivity contribution in [3.63, 3.8) is 0 Å². The van der Waals surface area contributed by atoms with E-state index in [-0.39, 0.29) is 5.78 Å². The average Bonchev–Trinajstić information content (AvgIpc) is 2.48. The zero-order valence-corrected chi connectivity index (χ0v) is 9.74. The number of aryl methyl sites for hydroxylation is 1. The molecule has 1 aromatic heterocycles. The molecule has 0 fully saturated rings. The van der Waals surface area contributed by atoms with Gasteiger partial charge in [0, 0.05) is 11.1 Å². The summed E-state index contributed by atoms with van der Waals surface area (Å²) >= 11 is 1.37. The number of ketones is 1. The van der Waals surface area contributed by atoms with Crippen LogP contribution < -0.4 is 0 Å². The summed E-state index contributed by atoms with van der Waals surface area (Å²) < 4.78 is 21.8. The highest BCUT2D eigenvalue weighted by molar-refractivity contribution is 7.91. The number of sulfone groups is 1. The van der Waals surface area contributed by atoms with Gasteiger partial charge in [0.25, 0.3) is 0 Å². The summed E-state index contributed by atoms with van der Waals surface area (Å²) in [5.41, 5.74) is 0. The van der Waals surface area contributed by atoms with Crippen LogP contribution in [-0.4, -0.2) is 26.2 Å². The number of Topliss-reactive ketones (excluding diaryl/α,β-unsaturated/α-hetero) is 1. The molecule has 0 aliphatic heterocycles. The molecule has 78 valence electrons. The number of hydrogen-bond acceptors (Lipinski definition) is 4. The van der Waals surface area contributed by atoms with E-state index in [1.807, 2.05) is 13.0 Å². The van der Waals surface area contributed by atoms with Crippen molar-refractivity contribution in [1.29, 1.82) is 0 Å². The maximum absolute atomic E-state index is 11.4. The van der Waals surface area contributed by atoms with Crippen LogP contribution in [0.2, 0.25) is 0 Å². The Labute approximate surface area is 87.7 Å². The molecule has 1 aromatic rings. The van der Waals surface area contributed by atoms with Gasteiger partial charge >= 0.3 is 0 Å². The Balaban J connectivity index is 2.80. The van der Waals surface area contributed by atoms with E-state index in [4.69, 9.17) is 0 Å². The third kappa shape index (κ3) is 3.23. The summed E-state index contributed by atoms with van der Waals surface area (Å²) in [6, 6.07) is 3.55. The van der Waals surface area contributed by atoms with Gasteiger partial charge in [0.1, 0.15) is 5.75 Å². The van der Waals surface area contributed by atoms with Crippen LogP contribution in [0.15, 0.2) is 12.1 Å². The Kier molecular flexibility index (Phi) is 3.44. The lowest BCUT2D eigenvalue weighted by atomic mass is 10.3. The first-order valence-corrected chi connectivity index (χ1v) is 7.09. The van der Waals surface area contributed by atoms with E-state index in [1.165, 1.54) is 11.3 Å². The fraction of sp³-hybridized carbons (Fsp3) is 0.444. The summed E-state index contributed by atoms with van der Waals surface area (Å²) in [5, 5.41) is 0. The molecule has 0 unspecified atom stereocenters. The molecule has 3 nitrogen and oxygen atoms in total. The summed E-state index contributed by atoms with van der Waals surface area (Å²) in [5.74, 6) is -0.700. The van der Waals surface area contributed by atoms with E-state index in [9.17, 15) is 13.2 Å². The van der Waals surface area contributed by atoms with Crippen LogP contribution in [0.4, 0.5) is 0 Å². The molecule has 0 amide bonds. The summed E-state index contributed by atoms with van der Waals surface area (Å²) in [6.07, 6.45) is 1.94. The number of thiophene rings is 1. The van der Waals surface area contributed by atoms with Crippen LogP contribution >= 0.6 is 11.3 Å². The predicted molar refractivity (Wildman–Crippen MR) is 57.7 cm³/mol. The maximum atomic E-state index is 11.4. The first kappa shape index (κ1) is 11.4. The summed E-state index contributed by atoms with van der Waals surface area (Å²) in [6.45, 7) is 2.00. The fourth-order valence-corrected chi connectivity index (χ4v) is 2.64. The molecule has 0 bridgehead atoms. The number of rotatable bonds is 4. The van der Waals surface area contributed by atoms with Gasteiger partial charge < -0.3 is 0 Å². The van der Waals surface area contributed by atoms with Crippen LogP contribution in [0.25, 0.3) is 0 Å². The van der Waals surface area contributed by atoms with E-state index < -0.39 is 15.6 Å². The van der Waals surface area contributed by atoms with E-state index in [0.717, 1.165) is 17.6 Å². The highest BCUT2D eigenvalue weighted by Gasteiger charge is 2.14. The predicted octanol–water partition coefficient (Wildman–Crippen LogP) is 1.54. The molecule has 5 heteroatoms. The second kappa shape index (κ2) is 4.23. The molecule has 0 N–H and O–H groups in total. The molecular weight excluding hydrogens is 220 g/mol. The van der Waals surface area contributed by atoms with Gasteiger partial charge in [0.2, 0.25) is 0 Å². The fourth-order valence-electron chi connectivity index (χ4n) is 1.03. The van der Waals surface area contributed by atoms with Crippen molar-refractivity contribution in [3.8, 4) is 0 Å². The molecular formula is C9H12O3S2. The van der Waals surface area contributed by atoms with Crippen LogP contribution in [0.1, 0.15) is 21.5 Å². The second-order valence-corrected chi connectivity index (χ2v) is 6.42. The normalized spacial score (nSPS) is 11.6. The summed E-state index contributed by atoms with van der Waals surface area (Å²) in [7, 11) is -3.21. The second-order valence-electron chi connectivity index (χ2n) is 3.11.